The molecule has 1 rings (SSSR count). The Bertz CT molecular complexity index is 405. The molecule has 0 heterocycles. The van der Waals surface area contributed by atoms with Gasteiger partial charge in [-0.15, -0.1) is 0 Å². The monoisotopic (exact) mass is 237 g/mol. The van der Waals surface area contributed by atoms with Crippen molar-refractivity contribution in [3.05, 3.63) is 35.4 Å². The minimum Gasteiger partial charge on any atom is -0.201 e. The van der Waals surface area contributed by atoms with Gasteiger partial charge in [-0.05, 0) is 24.0 Å². The molecule has 1 nitrogen and oxygen atoms in total. The van der Waals surface area contributed by atoms with E-state index in [1.807, 2.05) is 6.07 Å². The summed E-state index contributed by atoms with van der Waals surface area (Å²) in [5, 5.41) is 8.48. The molecule has 0 spiro atoms. The summed E-state index contributed by atoms with van der Waals surface area (Å²) in [4.78, 5) is 0. The molecule has 0 bridgehead atoms. The van der Waals surface area contributed by atoms with Crippen LogP contribution in [0.25, 0.3) is 0 Å². The first kappa shape index (κ1) is 13.6. The molecule has 17 heavy (non-hydrogen) atoms. The molecular weight excluding hydrogens is 220 g/mol. The molecule has 0 N–H and O–H groups in total. The van der Waals surface area contributed by atoms with Crippen LogP contribution in [0.4, 0.5) is 8.78 Å². The van der Waals surface area contributed by atoms with E-state index in [4.69, 9.17) is 5.26 Å². The molecule has 0 atom stereocenters. The Hall–Kier alpha value is -1.43. The summed E-state index contributed by atoms with van der Waals surface area (Å²) in [6.07, 6.45) is 0.746. The van der Waals surface area contributed by atoms with Crippen molar-refractivity contribution in [1.82, 2.24) is 0 Å². The molecule has 3 heteroatoms. The van der Waals surface area contributed by atoms with E-state index in [9.17, 15) is 8.78 Å². The second kappa shape index (κ2) is 5.77. The largest absolute Gasteiger partial charge is 0.273 e. The van der Waals surface area contributed by atoms with Gasteiger partial charge in [0.15, 0.2) is 0 Å². The topological polar surface area (TPSA) is 23.8 Å². The Labute approximate surface area is 101 Å². The van der Waals surface area contributed by atoms with Crippen LogP contribution in [-0.2, 0) is 12.3 Å². The van der Waals surface area contributed by atoms with E-state index in [-0.39, 0.29) is 17.9 Å². The Morgan fingerprint density at radius 1 is 1.35 bits per heavy atom. The normalized spacial score (nSPS) is 11.5. The van der Waals surface area contributed by atoms with E-state index in [1.54, 1.807) is 26.0 Å². The third-order valence-electron chi connectivity index (χ3n) is 2.54. The first-order valence-corrected chi connectivity index (χ1v) is 5.80. The first-order valence-electron chi connectivity index (χ1n) is 5.80. The average molecular weight is 237 g/mol. The van der Waals surface area contributed by atoms with Gasteiger partial charge in [0.2, 0.25) is 0 Å². The summed E-state index contributed by atoms with van der Waals surface area (Å²) in [7, 11) is 0. The zero-order chi connectivity index (χ0) is 12.9. The van der Waals surface area contributed by atoms with E-state index in [0.29, 0.717) is 12.8 Å². The molecule has 0 unspecified atom stereocenters. The Balaban J connectivity index is 2.87. The number of alkyl halides is 2. The van der Waals surface area contributed by atoms with Crippen molar-refractivity contribution in [2.45, 2.75) is 39.0 Å². The minimum atomic E-state index is -2.78. The second-order valence-corrected chi connectivity index (χ2v) is 4.66. The second-order valence-electron chi connectivity index (χ2n) is 4.66. The van der Waals surface area contributed by atoms with Crippen LogP contribution in [0.1, 0.15) is 37.8 Å². The number of rotatable bonds is 5. The van der Waals surface area contributed by atoms with Crippen molar-refractivity contribution in [2.75, 3.05) is 0 Å². The molecule has 0 saturated heterocycles. The van der Waals surface area contributed by atoms with Gasteiger partial charge in [0.05, 0.1) is 6.07 Å². The lowest BCUT2D eigenvalue weighted by Gasteiger charge is -2.19. The highest BCUT2D eigenvalue weighted by molar-refractivity contribution is 5.27. The van der Waals surface area contributed by atoms with Gasteiger partial charge >= 0.3 is 0 Å². The summed E-state index contributed by atoms with van der Waals surface area (Å²) < 4.78 is 27.7. The molecule has 92 valence electrons. The molecule has 0 saturated carbocycles. The highest BCUT2D eigenvalue weighted by atomic mass is 19.3. The van der Waals surface area contributed by atoms with Crippen LogP contribution in [0, 0.1) is 17.2 Å². The summed E-state index contributed by atoms with van der Waals surface area (Å²) >= 11 is 0. The highest BCUT2D eigenvalue weighted by Crippen LogP contribution is 2.34. The van der Waals surface area contributed by atoms with Gasteiger partial charge in [-0.3, -0.25) is 0 Å². The van der Waals surface area contributed by atoms with E-state index >= 15 is 0 Å². The van der Waals surface area contributed by atoms with Crippen molar-refractivity contribution in [3.63, 3.8) is 0 Å². The van der Waals surface area contributed by atoms with E-state index in [1.165, 1.54) is 12.1 Å². The van der Waals surface area contributed by atoms with Crippen LogP contribution >= 0.6 is 0 Å². The molecule has 0 aliphatic rings. The molecule has 1 aromatic rings. The molecule has 0 aliphatic heterocycles. The molecule has 1 aromatic carbocycles. The quantitative estimate of drug-likeness (QED) is 0.749. The van der Waals surface area contributed by atoms with Crippen LogP contribution in [-0.4, -0.2) is 0 Å². The Morgan fingerprint density at radius 3 is 2.65 bits per heavy atom. The van der Waals surface area contributed by atoms with E-state index in [2.05, 4.69) is 0 Å². The Kier molecular flexibility index (Phi) is 4.62. The summed E-state index contributed by atoms with van der Waals surface area (Å²) in [5.74, 6) is -2.83. The predicted molar refractivity (Wildman–Crippen MR) is 63.7 cm³/mol. The number of nitriles is 1. The van der Waals surface area contributed by atoms with Crippen LogP contribution in [0.3, 0.4) is 0 Å². The maximum Gasteiger partial charge on any atom is 0.273 e. The van der Waals surface area contributed by atoms with Crippen molar-refractivity contribution >= 4 is 0 Å². The van der Waals surface area contributed by atoms with Gasteiger partial charge < -0.3 is 0 Å². The zero-order valence-corrected chi connectivity index (χ0v) is 10.2. The third kappa shape index (κ3) is 4.14. The number of halogens is 2. The molecule has 0 aromatic heterocycles. The molecule has 0 amide bonds. The summed E-state index contributed by atoms with van der Waals surface area (Å²) in [5.41, 5.74) is 0.856. The van der Waals surface area contributed by atoms with E-state index < -0.39 is 5.92 Å². The third-order valence-corrected chi connectivity index (χ3v) is 2.54. The number of aryl methyl sites for hydroxylation is 1. The van der Waals surface area contributed by atoms with Crippen molar-refractivity contribution in [2.24, 2.45) is 5.92 Å². The Morgan fingerprint density at radius 2 is 2.06 bits per heavy atom. The van der Waals surface area contributed by atoms with Crippen molar-refractivity contribution < 1.29 is 8.78 Å². The standard InChI is InChI=1S/C14H17F2N/c1-11(2)10-14(15,16)13-7-3-5-12(9-13)6-4-8-17/h3,5,7,9,11H,4,6,10H2,1-2H3. The number of nitrogens with zero attached hydrogens (tertiary/aromatic N) is 1. The summed E-state index contributed by atoms with van der Waals surface area (Å²) in [6, 6.07) is 8.41. The van der Waals surface area contributed by atoms with Gasteiger partial charge in [-0.1, -0.05) is 32.0 Å². The van der Waals surface area contributed by atoms with Gasteiger partial charge in [-0.2, -0.15) is 5.26 Å². The highest BCUT2D eigenvalue weighted by Gasteiger charge is 2.32. The fourth-order valence-electron chi connectivity index (χ4n) is 1.79. The molecular formula is C14H17F2N. The summed E-state index contributed by atoms with van der Waals surface area (Å²) in [6.45, 7) is 3.57. The molecule has 0 fully saturated rings. The number of benzene rings is 1. The SMILES string of the molecule is CC(C)CC(F)(F)c1cccc(CCC#N)c1. The molecule has 0 radical (unpaired) electrons. The van der Waals surface area contributed by atoms with E-state index in [0.717, 1.165) is 5.56 Å². The first-order chi connectivity index (χ1) is 7.95. The van der Waals surface area contributed by atoms with Crippen molar-refractivity contribution in [3.8, 4) is 6.07 Å². The van der Waals surface area contributed by atoms with Gasteiger partial charge in [0, 0.05) is 18.4 Å². The number of hydrogen-bond donors (Lipinski definition) is 0. The maximum absolute atomic E-state index is 13.8. The van der Waals surface area contributed by atoms with Gasteiger partial charge in [0.1, 0.15) is 0 Å². The molecule has 0 aliphatic carbocycles. The smallest absolute Gasteiger partial charge is 0.201 e. The minimum absolute atomic E-state index is 0.0484. The van der Waals surface area contributed by atoms with Gasteiger partial charge in [-0.25, -0.2) is 8.78 Å². The van der Waals surface area contributed by atoms with Crippen LogP contribution < -0.4 is 0 Å². The lowest BCUT2D eigenvalue weighted by Crippen LogP contribution is -2.16. The van der Waals surface area contributed by atoms with Crippen LogP contribution in [0.2, 0.25) is 0 Å². The van der Waals surface area contributed by atoms with Gasteiger partial charge in [0.25, 0.3) is 5.92 Å². The number of hydrogen-bond acceptors (Lipinski definition) is 1. The van der Waals surface area contributed by atoms with Crippen LogP contribution in [0.15, 0.2) is 24.3 Å². The lowest BCUT2D eigenvalue weighted by atomic mass is 9.96. The average Bonchev–Trinajstić information content (AvgIpc) is 2.25. The lowest BCUT2D eigenvalue weighted by molar-refractivity contribution is -0.0249. The zero-order valence-electron chi connectivity index (χ0n) is 10.2. The van der Waals surface area contributed by atoms with Crippen molar-refractivity contribution in [1.29, 1.82) is 5.26 Å². The van der Waals surface area contributed by atoms with Crippen LogP contribution in [0.5, 0.6) is 0 Å². The fraction of sp³-hybridized carbons (Fsp3) is 0.500. The maximum atomic E-state index is 13.8. The predicted octanol–water partition coefficient (Wildman–Crippen LogP) is 4.28. The fourth-order valence-corrected chi connectivity index (χ4v) is 1.79.